The van der Waals surface area contributed by atoms with Crippen molar-refractivity contribution in [1.29, 1.82) is 0 Å². The van der Waals surface area contributed by atoms with Crippen molar-refractivity contribution in [3.63, 3.8) is 0 Å². The zero-order valence-corrected chi connectivity index (χ0v) is 20.1. The average Bonchev–Trinajstić information content (AvgIpc) is 2.72. The lowest BCUT2D eigenvalue weighted by molar-refractivity contribution is 0.0625. The van der Waals surface area contributed by atoms with Gasteiger partial charge in [0, 0.05) is 39.9 Å². The number of rotatable bonds is 10. The standard InChI is InChI=1S/C22H37N3O2.HI/c1-4-23-22(25(2)16-12-20-13-17-27-18-14-20)24-15-6-5-7-19-8-10-21(26-3)11-9-19;/h8-11,20H,4-7,12-18H2,1-3H3,(H,23,24);1H. The summed E-state index contributed by atoms with van der Waals surface area (Å²) >= 11 is 0. The number of aliphatic imine (C=N–C) groups is 1. The fraction of sp³-hybridized carbons (Fsp3) is 0.682. The van der Waals surface area contributed by atoms with Crippen LogP contribution in [-0.2, 0) is 11.2 Å². The van der Waals surface area contributed by atoms with Crippen LogP contribution in [0.2, 0.25) is 0 Å². The van der Waals surface area contributed by atoms with E-state index in [4.69, 9.17) is 14.5 Å². The van der Waals surface area contributed by atoms with Gasteiger partial charge in [0.05, 0.1) is 7.11 Å². The van der Waals surface area contributed by atoms with Gasteiger partial charge in [-0.1, -0.05) is 12.1 Å². The van der Waals surface area contributed by atoms with Gasteiger partial charge >= 0.3 is 0 Å². The fourth-order valence-corrected chi connectivity index (χ4v) is 3.40. The van der Waals surface area contributed by atoms with E-state index in [1.54, 1.807) is 7.11 Å². The summed E-state index contributed by atoms with van der Waals surface area (Å²) in [7, 11) is 3.85. The molecule has 1 aliphatic rings. The molecule has 2 rings (SSSR count). The first-order chi connectivity index (χ1) is 13.2. The van der Waals surface area contributed by atoms with Crippen LogP contribution in [0, 0.1) is 5.92 Å². The Kier molecular flexibility index (Phi) is 13.3. The Balaban J connectivity index is 0.00000392. The molecule has 0 spiro atoms. The minimum absolute atomic E-state index is 0. The fourth-order valence-electron chi connectivity index (χ4n) is 3.40. The lowest BCUT2D eigenvalue weighted by Gasteiger charge is -2.26. The van der Waals surface area contributed by atoms with Gasteiger partial charge in [-0.15, -0.1) is 24.0 Å². The summed E-state index contributed by atoms with van der Waals surface area (Å²) in [5, 5.41) is 3.43. The number of aryl methyl sites for hydroxylation is 1. The van der Waals surface area contributed by atoms with Crippen LogP contribution in [0.15, 0.2) is 29.3 Å². The lowest BCUT2D eigenvalue weighted by atomic mass is 9.96. The molecule has 1 fully saturated rings. The minimum Gasteiger partial charge on any atom is -0.497 e. The number of nitrogens with one attached hydrogen (secondary N) is 1. The number of benzene rings is 1. The van der Waals surface area contributed by atoms with Gasteiger partial charge in [-0.3, -0.25) is 4.99 Å². The van der Waals surface area contributed by atoms with Crippen LogP contribution in [0.25, 0.3) is 0 Å². The second-order valence-electron chi connectivity index (χ2n) is 7.31. The molecule has 1 aromatic rings. The Bertz CT molecular complexity index is 545. The molecule has 0 saturated carbocycles. The van der Waals surface area contributed by atoms with Gasteiger partial charge < -0.3 is 19.7 Å². The highest BCUT2D eigenvalue weighted by molar-refractivity contribution is 14.0. The second-order valence-corrected chi connectivity index (χ2v) is 7.31. The normalized spacial score (nSPS) is 15.0. The molecular formula is C22H38IN3O2. The van der Waals surface area contributed by atoms with E-state index >= 15 is 0 Å². The van der Waals surface area contributed by atoms with E-state index in [9.17, 15) is 0 Å². The molecule has 0 atom stereocenters. The molecule has 5 nitrogen and oxygen atoms in total. The molecule has 1 aromatic carbocycles. The predicted octanol–water partition coefficient (Wildman–Crippen LogP) is 4.35. The zero-order valence-electron chi connectivity index (χ0n) is 17.8. The smallest absolute Gasteiger partial charge is 0.193 e. The third-order valence-corrected chi connectivity index (χ3v) is 5.20. The van der Waals surface area contributed by atoms with Gasteiger partial charge in [-0.05, 0) is 69.1 Å². The van der Waals surface area contributed by atoms with E-state index < -0.39 is 0 Å². The topological polar surface area (TPSA) is 46.1 Å². The van der Waals surface area contributed by atoms with Crippen molar-refractivity contribution >= 4 is 29.9 Å². The summed E-state index contributed by atoms with van der Waals surface area (Å²) in [6.07, 6.45) is 6.98. The Morgan fingerprint density at radius 3 is 2.57 bits per heavy atom. The van der Waals surface area contributed by atoms with Crippen molar-refractivity contribution in [3.8, 4) is 5.75 Å². The molecule has 28 heavy (non-hydrogen) atoms. The van der Waals surface area contributed by atoms with Crippen LogP contribution >= 0.6 is 24.0 Å². The van der Waals surface area contributed by atoms with Gasteiger partial charge in [0.15, 0.2) is 5.96 Å². The van der Waals surface area contributed by atoms with Gasteiger partial charge in [0.1, 0.15) is 5.75 Å². The summed E-state index contributed by atoms with van der Waals surface area (Å²) in [5.41, 5.74) is 1.36. The van der Waals surface area contributed by atoms with E-state index in [-0.39, 0.29) is 24.0 Å². The summed E-state index contributed by atoms with van der Waals surface area (Å²) in [6, 6.07) is 8.36. The van der Waals surface area contributed by atoms with Crippen molar-refractivity contribution in [1.82, 2.24) is 10.2 Å². The molecule has 0 amide bonds. The molecule has 1 N–H and O–H groups in total. The molecule has 0 aliphatic carbocycles. The highest BCUT2D eigenvalue weighted by Gasteiger charge is 2.15. The lowest BCUT2D eigenvalue weighted by Crippen LogP contribution is -2.40. The van der Waals surface area contributed by atoms with Gasteiger partial charge in [0.2, 0.25) is 0 Å². The van der Waals surface area contributed by atoms with Gasteiger partial charge in [-0.2, -0.15) is 0 Å². The van der Waals surface area contributed by atoms with Crippen molar-refractivity contribution < 1.29 is 9.47 Å². The quantitative estimate of drug-likeness (QED) is 0.223. The number of halogens is 1. The van der Waals surface area contributed by atoms with Gasteiger partial charge in [-0.25, -0.2) is 0 Å². The van der Waals surface area contributed by atoms with E-state index in [0.29, 0.717) is 0 Å². The summed E-state index contributed by atoms with van der Waals surface area (Å²) in [5.74, 6) is 2.75. The molecule has 0 radical (unpaired) electrons. The van der Waals surface area contributed by atoms with Crippen LogP contribution < -0.4 is 10.1 Å². The molecule has 1 aliphatic heterocycles. The molecule has 6 heteroatoms. The van der Waals surface area contributed by atoms with Crippen LogP contribution in [0.4, 0.5) is 0 Å². The minimum atomic E-state index is 0. The zero-order chi connectivity index (χ0) is 19.3. The van der Waals surface area contributed by atoms with Crippen molar-refractivity contribution in [2.45, 2.75) is 45.4 Å². The Labute approximate surface area is 188 Å². The van der Waals surface area contributed by atoms with Crippen molar-refractivity contribution in [3.05, 3.63) is 29.8 Å². The Hall–Kier alpha value is -1.02. The first-order valence-corrected chi connectivity index (χ1v) is 10.4. The Morgan fingerprint density at radius 1 is 1.21 bits per heavy atom. The largest absolute Gasteiger partial charge is 0.497 e. The number of nitrogens with zero attached hydrogens (tertiary/aromatic N) is 2. The highest BCUT2D eigenvalue weighted by atomic mass is 127. The first kappa shape index (κ1) is 25.0. The highest BCUT2D eigenvalue weighted by Crippen LogP contribution is 2.18. The van der Waals surface area contributed by atoms with E-state index in [1.807, 2.05) is 12.1 Å². The Morgan fingerprint density at radius 2 is 1.93 bits per heavy atom. The first-order valence-electron chi connectivity index (χ1n) is 10.4. The van der Waals surface area contributed by atoms with E-state index in [1.165, 1.54) is 24.8 Å². The number of methoxy groups -OCH3 is 1. The average molecular weight is 503 g/mol. The van der Waals surface area contributed by atoms with Crippen molar-refractivity contribution in [2.24, 2.45) is 10.9 Å². The van der Waals surface area contributed by atoms with Crippen molar-refractivity contribution in [2.75, 3.05) is 47.0 Å². The molecule has 0 bridgehead atoms. The van der Waals surface area contributed by atoms with E-state index in [2.05, 4.69) is 36.3 Å². The third kappa shape index (κ3) is 9.45. The number of hydrogen-bond acceptors (Lipinski definition) is 3. The molecule has 160 valence electrons. The second kappa shape index (κ2) is 14.9. The maximum absolute atomic E-state index is 5.46. The number of guanidine groups is 1. The number of hydrogen-bond donors (Lipinski definition) is 1. The SMILES string of the molecule is CCNC(=NCCCCc1ccc(OC)cc1)N(C)CCC1CCOCC1.I. The molecular weight excluding hydrogens is 465 g/mol. The van der Waals surface area contributed by atoms with Gasteiger partial charge in [0.25, 0.3) is 0 Å². The molecule has 0 aromatic heterocycles. The van der Waals surface area contributed by atoms with Crippen LogP contribution in [0.5, 0.6) is 5.75 Å². The maximum atomic E-state index is 5.46. The monoisotopic (exact) mass is 503 g/mol. The molecule has 1 heterocycles. The number of ether oxygens (including phenoxy) is 2. The van der Waals surface area contributed by atoms with E-state index in [0.717, 1.165) is 69.7 Å². The molecule has 0 unspecified atom stereocenters. The van der Waals surface area contributed by atoms with Crippen LogP contribution in [-0.4, -0.2) is 57.9 Å². The number of unbranched alkanes of at least 4 members (excludes halogenated alkanes) is 1. The maximum Gasteiger partial charge on any atom is 0.193 e. The summed E-state index contributed by atoms with van der Waals surface area (Å²) < 4.78 is 10.7. The van der Waals surface area contributed by atoms with Crippen LogP contribution in [0.3, 0.4) is 0 Å². The predicted molar refractivity (Wildman–Crippen MR) is 128 cm³/mol. The van der Waals surface area contributed by atoms with Crippen LogP contribution in [0.1, 0.15) is 44.6 Å². The summed E-state index contributed by atoms with van der Waals surface area (Å²) in [4.78, 5) is 7.10. The third-order valence-electron chi connectivity index (χ3n) is 5.20. The summed E-state index contributed by atoms with van der Waals surface area (Å²) in [6.45, 7) is 6.83. The molecule has 1 saturated heterocycles.